The summed E-state index contributed by atoms with van der Waals surface area (Å²) in [5.41, 5.74) is 0. The Morgan fingerprint density at radius 3 is 3.12 bits per heavy atom. The lowest BCUT2D eigenvalue weighted by atomic mass is 10.2. The van der Waals surface area contributed by atoms with Crippen molar-refractivity contribution in [3.8, 4) is 0 Å². The van der Waals surface area contributed by atoms with Crippen molar-refractivity contribution >= 4 is 22.4 Å². The van der Waals surface area contributed by atoms with E-state index >= 15 is 0 Å². The van der Waals surface area contributed by atoms with E-state index in [0.29, 0.717) is 11.6 Å². The molecule has 0 aliphatic carbocycles. The van der Waals surface area contributed by atoms with Crippen molar-refractivity contribution in [2.75, 3.05) is 5.32 Å². The van der Waals surface area contributed by atoms with Crippen molar-refractivity contribution in [1.82, 2.24) is 19.7 Å². The fraction of sp³-hybridized carbons (Fsp3) is 0.400. The molecule has 0 aromatic carbocycles. The average molecular weight is 251 g/mol. The largest absolute Gasteiger partial charge is 0.321 e. The Kier molecular flexibility index (Phi) is 3.81. The van der Waals surface area contributed by atoms with Crippen molar-refractivity contribution in [2.24, 2.45) is 7.05 Å². The molecule has 1 amide bonds. The summed E-state index contributed by atoms with van der Waals surface area (Å²) in [5.74, 6) is 0.883. The molecule has 0 aliphatic rings. The maximum Gasteiger partial charge on any atom is 0.226 e. The summed E-state index contributed by atoms with van der Waals surface area (Å²) in [6.07, 6.45) is 5.29. The van der Waals surface area contributed by atoms with Gasteiger partial charge >= 0.3 is 0 Å². The monoisotopic (exact) mass is 251 g/mol. The molecule has 0 unspecified atom stereocenters. The number of nitrogens with one attached hydrogen (secondary N) is 1. The van der Waals surface area contributed by atoms with Gasteiger partial charge < -0.3 is 9.88 Å². The quantitative estimate of drug-likeness (QED) is 0.867. The van der Waals surface area contributed by atoms with E-state index in [4.69, 9.17) is 0 Å². The van der Waals surface area contributed by atoms with Crippen LogP contribution in [0.1, 0.15) is 18.7 Å². The number of anilines is 1. The molecule has 6 nitrogen and oxygen atoms in total. The molecular formula is C10H13N5OS. The van der Waals surface area contributed by atoms with Gasteiger partial charge in [0.15, 0.2) is 5.13 Å². The summed E-state index contributed by atoms with van der Waals surface area (Å²) in [6.45, 7) is 0. The number of hydrogen-bond acceptors (Lipinski definition) is 5. The summed E-state index contributed by atoms with van der Waals surface area (Å²) in [5, 5.41) is 13.0. The van der Waals surface area contributed by atoms with Crippen LogP contribution in [-0.4, -0.2) is 25.7 Å². The molecule has 90 valence electrons. The highest BCUT2D eigenvalue weighted by atomic mass is 32.1. The van der Waals surface area contributed by atoms with Gasteiger partial charge in [-0.2, -0.15) is 0 Å². The number of aromatic nitrogens is 4. The summed E-state index contributed by atoms with van der Waals surface area (Å²) in [7, 11) is 1.89. The van der Waals surface area contributed by atoms with Crippen molar-refractivity contribution in [3.05, 3.63) is 23.7 Å². The van der Waals surface area contributed by atoms with E-state index in [-0.39, 0.29) is 5.91 Å². The molecule has 0 atom stereocenters. The summed E-state index contributed by atoms with van der Waals surface area (Å²) < 4.78 is 1.86. The Morgan fingerprint density at radius 1 is 1.59 bits per heavy atom. The van der Waals surface area contributed by atoms with E-state index in [1.165, 1.54) is 11.3 Å². The zero-order valence-electron chi connectivity index (χ0n) is 9.46. The van der Waals surface area contributed by atoms with Crippen molar-refractivity contribution in [1.29, 1.82) is 0 Å². The molecule has 1 N–H and O–H groups in total. The van der Waals surface area contributed by atoms with E-state index in [1.54, 1.807) is 12.5 Å². The molecule has 7 heteroatoms. The highest BCUT2D eigenvalue weighted by molar-refractivity contribution is 7.13. The third-order valence-electron chi connectivity index (χ3n) is 2.29. The highest BCUT2D eigenvalue weighted by Gasteiger charge is 2.06. The first-order valence-electron chi connectivity index (χ1n) is 5.28. The van der Waals surface area contributed by atoms with Crippen molar-refractivity contribution in [3.63, 3.8) is 0 Å². The second-order valence-corrected chi connectivity index (χ2v) is 4.49. The highest BCUT2D eigenvalue weighted by Crippen LogP contribution is 2.11. The Balaban J connectivity index is 1.72. The van der Waals surface area contributed by atoms with Crippen LogP contribution in [-0.2, 0) is 18.3 Å². The van der Waals surface area contributed by atoms with Gasteiger partial charge in [0.1, 0.15) is 12.2 Å². The molecule has 0 fully saturated rings. The van der Waals surface area contributed by atoms with E-state index in [9.17, 15) is 4.79 Å². The Labute approximate surface area is 103 Å². The molecule has 2 heterocycles. The maximum absolute atomic E-state index is 11.5. The first-order chi connectivity index (χ1) is 8.25. The number of rotatable bonds is 5. The molecule has 0 radical (unpaired) electrons. The van der Waals surface area contributed by atoms with Crippen LogP contribution in [0.3, 0.4) is 0 Å². The normalized spacial score (nSPS) is 10.4. The lowest BCUT2D eigenvalue weighted by Crippen LogP contribution is -2.11. The smallest absolute Gasteiger partial charge is 0.226 e. The van der Waals surface area contributed by atoms with Gasteiger partial charge in [-0.3, -0.25) is 4.79 Å². The second kappa shape index (κ2) is 5.53. The van der Waals surface area contributed by atoms with Gasteiger partial charge in [0.05, 0.1) is 0 Å². The van der Waals surface area contributed by atoms with Gasteiger partial charge in [-0.15, -0.1) is 21.5 Å². The van der Waals surface area contributed by atoms with Crippen LogP contribution in [0.15, 0.2) is 17.9 Å². The van der Waals surface area contributed by atoms with Crippen molar-refractivity contribution < 1.29 is 4.79 Å². The predicted octanol–water partition coefficient (Wildman–Crippen LogP) is 1.23. The second-order valence-electron chi connectivity index (χ2n) is 3.60. The van der Waals surface area contributed by atoms with Gasteiger partial charge in [-0.25, -0.2) is 4.98 Å². The molecular weight excluding hydrogens is 238 g/mol. The molecule has 2 rings (SSSR count). The fourth-order valence-electron chi connectivity index (χ4n) is 1.41. The SMILES string of the molecule is Cn1cnnc1CCCC(=O)Nc1nccs1. The molecule has 2 aromatic rings. The Morgan fingerprint density at radius 2 is 2.47 bits per heavy atom. The van der Waals surface area contributed by atoms with Gasteiger partial charge in [0.25, 0.3) is 0 Å². The lowest BCUT2D eigenvalue weighted by molar-refractivity contribution is -0.116. The minimum Gasteiger partial charge on any atom is -0.321 e. The zero-order valence-corrected chi connectivity index (χ0v) is 10.3. The summed E-state index contributed by atoms with van der Waals surface area (Å²) >= 11 is 1.42. The van der Waals surface area contributed by atoms with Gasteiger partial charge in [0.2, 0.25) is 5.91 Å². The van der Waals surface area contributed by atoms with E-state index in [2.05, 4.69) is 20.5 Å². The van der Waals surface area contributed by atoms with Crippen LogP contribution < -0.4 is 5.32 Å². The number of hydrogen-bond donors (Lipinski definition) is 1. The maximum atomic E-state index is 11.5. The number of carbonyl (C=O) groups excluding carboxylic acids is 1. The molecule has 0 saturated heterocycles. The van der Waals surface area contributed by atoms with Crippen LogP contribution in [0.2, 0.25) is 0 Å². The third-order valence-corrected chi connectivity index (χ3v) is 2.98. The molecule has 0 aliphatic heterocycles. The minimum atomic E-state index is -0.0119. The zero-order chi connectivity index (χ0) is 12.1. The fourth-order valence-corrected chi connectivity index (χ4v) is 1.95. The van der Waals surface area contributed by atoms with Crippen LogP contribution >= 0.6 is 11.3 Å². The first kappa shape index (κ1) is 11.7. The van der Waals surface area contributed by atoms with Crippen molar-refractivity contribution in [2.45, 2.75) is 19.3 Å². The number of thiazole rings is 1. The molecule has 0 bridgehead atoms. The third kappa shape index (κ3) is 3.35. The lowest BCUT2D eigenvalue weighted by Gasteiger charge is -2.01. The Hall–Kier alpha value is -1.76. The van der Waals surface area contributed by atoms with E-state index < -0.39 is 0 Å². The number of aryl methyl sites for hydroxylation is 2. The van der Waals surface area contributed by atoms with Crippen LogP contribution in [0.5, 0.6) is 0 Å². The topological polar surface area (TPSA) is 72.7 Å². The first-order valence-corrected chi connectivity index (χ1v) is 6.16. The minimum absolute atomic E-state index is 0.0119. The summed E-state index contributed by atoms with van der Waals surface area (Å²) in [4.78, 5) is 15.5. The van der Waals surface area contributed by atoms with Crippen LogP contribution in [0, 0.1) is 0 Å². The molecule has 0 spiro atoms. The molecule has 0 saturated carbocycles. The Bertz CT molecular complexity index is 479. The van der Waals surface area contributed by atoms with E-state index in [0.717, 1.165) is 18.7 Å². The van der Waals surface area contributed by atoms with E-state index in [1.807, 2.05) is 17.0 Å². The molecule has 17 heavy (non-hydrogen) atoms. The number of carbonyl (C=O) groups is 1. The van der Waals surface area contributed by atoms with Crippen LogP contribution in [0.4, 0.5) is 5.13 Å². The standard InChI is InChI=1S/C10H13N5OS/c1-15-7-12-14-8(15)3-2-4-9(16)13-10-11-5-6-17-10/h5-7H,2-4H2,1H3,(H,11,13,16). The van der Waals surface area contributed by atoms with Crippen LogP contribution in [0.25, 0.3) is 0 Å². The van der Waals surface area contributed by atoms with Gasteiger partial charge in [-0.1, -0.05) is 0 Å². The number of amides is 1. The predicted molar refractivity (Wildman–Crippen MR) is 64.7 cm³/mol. The van der Waals surface area contributed by atoms with Gasteiger partial charge in [0, 0.05) is 31.5 Å². The van der Waals surface area contributed by atoms with Gasteiger partial charge in [-0.05, 0) is 6.42 Å². The average Bonchev–Trinajstić information content (AvgIpc) is 2.91. The summed E-state index contributed by atoms with van der Waals surface area (Å²) in [6, 6.07) is 0. The number of nitrogens with zero attached hydrogens (tertiary/aromatic N) is 4. The molecule has 2 aromatic heterocycles.